The quantitative estimate of drug-likeness (QED) is 0.727. The van der Waals surface area contributed by atoms with Crippen molar-refractivity contribution in [2.75, 3.05) is 12.4 Å². The molecule has 0 heterocycles. The SMILES string of the molecule is C=Nc1c(C)c(C)cc(CC)c1NC. The zero-order valence-electron chi connectivity index (χ0n) is 9.44. The van der Waals surface area contributed by atoms with Crippen molar-refractivity contribution in [2.24, 2.45) is 4.99 Å². The molecule has 0 fully saturated rings. The van der Waals surface area contributed by atoms with Crippen LogP contribution < -0.4 is 5.32 Å². The molecule has 0 aliphatic heterocycles. The molecule has 0 aliphatic rings. The number of benzene rings is 1. The lowest BCUT2D eigenvalue weighted by Gasteiger charge is -2.15. The lowest BCUT2D eigenvalue weighted by molar-refractivity contribution is 1.12. The topological polar surface area (TPSA) is 24.4 Å². The minimum atomic E-state index is 0.990. The monoisotopic (exact) mass is 190 g/mol. The molecule has 2 heteroatoms. The fraction of sp³-hybridized carbons (Fsp3) is 0.417. The lowest BCUT2D eigenvalue weighted by atomic mass is 10.00. The highest BCUT2D eigenvalue weighted by Gasteiger charge is 2.09. The van der Waals surface area contributed by atoms with Gasteiger partial charge < -0.3 is 5.32 Å². The first-order chi connectivity index (χ1) is 6.65. The van der Waals surface area contributed by atoms with E-state index in [0.717, 1.165) is 17.8 Å². The summed E-state index contributed by atoms with van der Waals surface area (Å²) >= 11 is 0. The summed E-state index contributed by atoms with van der Waals surface area (Å²) in [6, 6.07) is 2.22. The van der Waals surface area contributed by atoms with Crippen LogP contribution in [0.2, 0.25) is 0 Å². The van der Waals surface area contributed by atoms with E-state index >= 15 is 0 Å². The Morgan fingerprint density at radius 3 is 2.50 bits per heavy atom. The summed E-state index contributed by atoms with van der Waals surface area (Å²) in [7, 11) is 1.93. The van der Waals surface area contributed by atoms with Crippen LogP contribution in [-0.4, -0.2) is 13.8 Å². The summed E-state index contributed by atoms with van der Waals surface area (Å²) in [5, 5.41) is 3.20. The van der Waals surface area contributed by atoms with Gasteiger partial charge in [0.25, 0.3) is 0 Å². The molecule has 0 bridgehead atoms. The summed E-state index contributed by atoms with van der Waals surface area (Å²) < 4.78 is 0. The van der Waals surface area contributed by atoms with Crippen LogP contribution in [0.1, 0.15) is 23.6 Å². The van der Waals surface area contributed by atoms with E-state index in [4.69, 9.17) is 0 Å². The normalized spacial score (nSPS) is 10.0. The Morgan fingerprint density at radius 2 is 2.07 bits per heavy atom. The largest absolute Gasteiger partial charge is 0.386 e. The molecule has 1 aromatic carbocycles. The van der Waals surface area contributed by atoms with Crippen molar-refractivity contribution in [1.29, 1.82) is 0 Å². The van der Waals surface area contributed by atoms with Gasteiger partial charge in [-0.25, -0.2) is 0 Å². The molecule has 14 heavy (non-hydrogen) atoms. The molecule has 1 aromatic rings. The first-order valence-corrected chi connectivity index (χ1v) is 4.93. The molecule has 0 saturated carbocycles. The van der Waals surface area contributed by atoms with Crippen LogP contribution in [0.25, 0.3) is 0 Å². The van der Waals surface area contributed by atoms with Gasteiger partial charge in [0, 0.05) is 7.05 Å². The summed E-state index contributed by atoms with van der Waals surface area (Å²) in [6.45, 7) is 9.97. The Labute approximate surface area is 86.1 Å². The van der Waals surface area contributed by atoms with E-state index in [-0.39, 0.29) is 0 Å². The summed E-state index contributed by atoms with van der Waals surface area (Å²) in [4.78, 5) is 4.10. The third-order valence-electron chi connectivity index (χ3n) is 2.68. The average Bonchev–Trinajstić information content (AvgIpc) is 2.20. The van der Waals surface area contributed by atoms with Crippen molar-refractivity contribution >= 4 is 18.1 Å². The van der Waals surface area contributed by atoms with Gasteiger partial charge in [-0.15, -0.1) is 0 Å². The third kappa shape index (κ3) is 1.65. The van der Waals surface area contributed by atoms with Crippen molar-refractivity contribution in [3.8, 4) is 0 Å². The van der Waals surface area contributed by atoms with E-state index in [9.17, 15) is 0 Å². The highest BCUT2D eigenvalue weighted by atomic mass is 14.9. The number of rotatable bonds is 3. The van der Waals surface area contributed by atoms with E-state index < -0.39 is 0 Å². The lowest BCUT2D eigenvalue weighted by Crippen LogP contribution is -1.98. The molecule has 0 aromatic heterocycles. The Balaban J connectivity index is 3.49. The molecule has 0 amide bonds. The van der Waals surface area contributed by atoms with E-state index in [1.807, 2.05) is 7.05 Å². The predicted octanol–water partition coefficient (Wildman–Crippen LogP) is 3.24. The molecule has 0 spiro atoms. The summed E-state index contributed by atoms with van der Waals surface area (Å²) in [5.74, 6) is 0. The molecule has 1 N–H and O–H groups in total. The van der Waals surface area contributed by atoms with Crippen molar-refractivity contribution in [2.45, 2.75) is 27.2 Å². The maximum absolute atomic E-state index is 4.10. The Hall–Kier alpha value is -1.31. The van der Waals surface area contributed by atoms with Crippen LogP contribution in [0.5, 0.6) is 0 Å². The zero-order valence-corrected chi connectivity index (χ0v) is 9.44. The minimum Gasteiger partial charge on any atom is -0.386 e. The average molecular weight is 190 g/mol. The van der Waals surface area contributed by atoms with E-state index in [1.54, 1.807) is 0 Å². The standard InChI is InChI=1S/C12H18N2/c1-6-10-7-8(2)9(3)11(13-4)12(10)14-5/h7,14H,4,6H2,1-3,5H3. The van der Waals surface area contributed by atoms with Gasteiger partial charge in [0.1, 0.15) is 0 Å². The van der Waals surface area contributed by atoms with Crippen molar-refractivity contribution in [3.05, 3.63) is 22.8 Å². The third-order valence-corrected chi connectivity index (χ3v) is 2.68. The van der Waals surface area contributed by atoms with Gasteiger partial charge in [0.05, 0.1) is 11.4 Å². The fourth-order valence-corrected chi connectivity index (χ4v) is 1.72. The van der Waals surface area contributed by atoms with Crippen LogP contribution in [0.3, 0.4) is 0 Å². The van der Waals surface area contributed by atoms with Crippen LogP contribution in [0.15, 0.2) is 11.1 Å². The predicted molar refractivity (Wildman–Crippen MR) is 64.0 cm³/mol. The highest BCUT2D eigenvalue weighted by Crippen LogP contribution is 2.34. The van der Waals surface area contributed by atoms with Crippen LogP contribution in [0, 0.1) is 13.8 Å². The molecule has 0 aliphatic carbocycles. The van der Waals surface area contributed by atoms with E-state index in [0.29, 0.717) is 0 Å². The highest BCUT2D eigenvalue weighted by molar-refractivity contribution is 5.76. The number of aliphatic imine (C=N–C) groups is 1. The summed E-state index contributed by atoms with van der Waals surface area (Å²) in [5.41, 5.74) is 5.90. The second kappa shape index (κ2) is 4.27. The van der Waals surface area contributed by atoms with Gasteiger partial charge in [0.15, 0.2) is 0 Å². The zero-order chi connectivity index (χ0) is 10.7. The number of anilines is 1. The van der Waals surface area contributed by atoms with Crippen molar-refractivity contribution in [1.82, 2.24) is 0 Å². The molecule has 0 atom stereocenters. The maximum Gasteiger partial charge on any atom is 0.0888 e. The molecular formula is C12H18N2. The first-order valence-electron chi connectivity index (χ1n) is 4.93. The number of nitrogens with zero attached hydrogens (tertiary/aromatic N) is 1. The van der Waals surface area contributed by atoms with Gasteiger partial charge in [-0.3, -0.25) is 4.99 Å². The van der Waals surface area contributed by atoms with Crippen molar-refractivity contribution < 1.29 is 0 Å². The van der Waals surface area contributed by atoms with E-state index in [1.165, 1.54) is 16.7 Å². The van der Waals surface area contributed by atoms with Gasteiger partial charge in [-0.2, -0.15) is 0 Å². The Kier molecular flexibility index (Phi) is 3.28. The molecule has 76 valence electrons. The number of hydrogen-bond donors (Lipinski definition) is 1. The molecule has 2 nitrogen and oxygen atoms in total. The van der Waals surface area contributed by atoms with Crippen LogP contribution in [-0.2, 0) is 6.42 Å². The molecule has 0 saturated heterocycles. The molecule has 1 rings (SSSR count). The van der Waals surface area contributed by atoms with E-state index in [2.05, 4.69) is 43.9 Å². The second-order valence-electron chi connectivity index (χ2n) is 3.46. The Bertz CT molecular complexity index is 354. The molecule has 0 radical (unpaired) electrons. The number of nitrogens with one attached hydrogen (secondary N) is 1. The fourth-order valence-electron chi connectivity index (χ4n) is 1.72. The maximum atomic E-state index is 4.10. The number of aryl methyl sites for hydroxylation is 2. The van der Waals surface area contributed by atoms with Crippen molar-refractivity contribution in [3.63, 3.8) is 0 Å². The second-order valence-corrected chi connectivity index (χ2v) is 3.46. The van der Waals surface area contributed by atoms with Gasteiger partial charge in [-0.05, 0) is 43.7 Å². The van der Waals surface area contributed by atoms with Crippen LogP contribution in [0.4, 0.5) is 11.4 Å². The van der Waals surface area contributed by atoms with Gasteiger partial charge in [-0.1, -0.05) is 13.0 Å². The Morgan fingerprint density at radius 1 is 1.43 bits per heavy atom. The molecular weight excluding hydrogens is 172 g/mol. The van der Waals surface area contributed by atoms with Gasteiger partial charge in [0.2, 0.25) is 0 Å². The number of hydrogen-bond acceptors (Lipinski definition) is 2. The first kappa shape index (κ1) is 10.8. The smallest absolute Gasteiger partial charge is 0.0888 e. The summed E-state index contributed by atoms with van der Waals surface area (Å²) in [6.07, 6.45) is 1.01. The minimum absolute atomic E-state index is 0.990. The van der Waals surface area contributed by atoms with Crippen LogP contribution >= 0.6 is 0 Å². The molecule has 0 unspecified atom stereocenters. The van der Waals surface area contributed by atoms with Gasteiger partial charge >= 0.3 is 0 Å².